The van der Waals surface area contributed by atoms with E-state index in [1.165, 1.54) is 36.5 Å². The van der Waals surface area contributed by atoms with Crippen molar-refractivity contribution in [1.82, 2.24) is 0 Å². The summed E-state index contributed by atoms with van der Waals surface area (Å²) in [6, 6.07) is 30.0. The third-order valence-corrected chi connectivity index (χ3v) is 17.0. The molecule has 4 nitrogen and oxygen atoms in total. The van der Waals surface area contributed by atoms with Gasteiger partial charge in [-0.25, -0.2) is 0 Å². The first-order valence-corrected chi connectivity index (χ1v) is 26.3. The zero-order valence-electron chi connectivity index (χ0n) is 36.5. The summed E-state index contributed by atoms with van der Waals surface area (Å²) < 4.78 is 10.00. The molecule has 0 bridgehead atoms. The number of carbonyl (C=O) groups is 2. The summed E-state index contributed by atoms with van der Waals surface area (Å²) in [7, 11) is 2.79. The van der Waals surface area contributed by atoms with Crippen LogP contribution in [0.2, 0.25) is 0 Å². The third kappa shape index (κ3) is 17.8. The number of hydrogen-bond donors (Lipinski definition) is 0. The minimum atomic E-state index is -1.10. The Balaban J connectivity index is 0.00000151. The molecular weight excluding hydrogens is 939 g/mol. The highest BCUT2D eigenvalue weighted by molar-refractivity contribution is 14.2. The lowest BCUT2D eigenvalue weighted by molar-refractivity contribution is -0.144. The molecule has 0 spiro atoms. The number of methoxy groups -OCH3 is 2. The molecule has 0 fully saturated rings. The lowest BCUT2D eigenvalue weighted by Crippen LogP contribution is -2.34. The van der Waals surface area contributed by atoms with Crippen LogP contribution in [0.25, 0.3) is 0 Å². The Bertz CT molecular complexity index is 1670. The van der Waals surface area contributed by atoms with Crippen LogP contribution < -0.4 is 0 Å². The van der Waals surface area contributed by atoms with Gasteiger partial charge in [0.25, 0.3) is 0 Å². The van der Waals surface area contributed by atoms with Crippen molar-refractivity contribution in [1.29, 1.82) is 0 Å². The Labute approximate surface area is 386 Å². The number of alkyl halides is 4. The first-order chi connectivity index (χ1) is 26.9. The summed E-state index contributed by atoms with van der Waals surface area (Å²) in [5.74, 6) is 0.0807. The maximum atomic E-state index is 12.6. The Morgan fingerprint density at radius 1 is 0.672 bits per heavy atom. The monoisotopic (exact) mass is 1000 g/mol. The molecular formula is C47H66BCl4IO4P. The highest BCUT2D eigenvalue weighted by Crippen LogP contribution is 2.47. The van der Waals surface area contributed by atoms with E-state index in [2.05, 4.69) is 138 Å². The van der Waals surface area contributed by atoms with E-state index in [4.69, 9.17) is 55.9 Å². The molecule has 3 aromatic rings. The molecule has 3 rings (SSSR count). The van der Waals surface area contributed by atoms with Crippen LogP contribution in [0.1, 0.15) is 135 Å². The van der Waals surface area contributed by atoms with Crippen LogP contribution in [0.3, 0.4) is 0 Å². The van der Waals surface area contributed by atoms with Gasteiger partial charge in [0.15, 0.2) is 7.00 Å². The number of benzene rings is 3. The maximum absolute atomic E-state index is 12.6. The van der Waals surface area contributed by atoms with Gasteiger partial charge in [-0.15, -0.1) is 46.4 Å². The summed E-state index contributed by atoms with van der Waals surface area (Å²) in [5.41, 5.74) is 5.40. The molecule has 11 heteroatoms. The molecule has 0 amide bonds. The van der Waals surface area contributed by atoms with Crippen molar-refractivity contribution in [2.45, 2.75) is 134 Å². The molecule has 0 aromatic heterocycles. The van der Waals surface area contributed by atoms with E-state index in [1.807, 2.05) is 31.3 Å². The van der Waals surface area contributed by atoms with Crippen molar-refractivity contribution in [3.05, 3.63) is 107 Å². The smallest absolute Gasteiger partial charge is 0.326 e. The van der Waals surface area contributed by atoms with E-state index in [0.717, 1.165) is 31.3 Å². The molecule has 5 atom stereocenters. The van der Waals surface area contributed by atoms with Gasteiger partial charge < -0.3 is 9.47 Å². The van der Waals surface area contributed by atoms with Crippen LogP contribution in [-0.4, -0.2) is 54.8 Å². The molecule has 0 aliphatic rings. The second-order valence-corrected chi connectivity index (χ2v) is 26.1. The fourth-order valence-corrected chi connectivity index (χ4v) is 11.8. The van der Waals surface area contributed by atoms with Crippen LogP contribution in [0.4, 0.5) is 0 Å². The van der Waals surface area contributed by atoms with E-state index >= 15 is 0 Å². The number of halogens is 5. The Kier molecular flexibility index (Phi) is 22.0. The molecule has 0 aliphatic heterocycles. The minimum absolute atomic E-state index is 0.0268. The summed E-state index contributed by atoms with van der Waals surface area (Å²) in [4.78, 5) is 23.7. The van der Waals surface area contributed by atoms with Crippen LogP contribution in [0.15, 0.2) is 84.9 Å². The second kappa shape index (κ2) is 24.0. The van der Waals surface area contributed by atoms with Gasteiger partial charge in [0.2, 0.25) is 0 Å². The van der Waals surface area contributed by atoms with Crippen molar-refractivity contribution < 1.29 is 19.1 Å². The van der Waals surface area contributed by atoms with Gasteiger partial charge in [0.05, 0.1) is 14.2 Å². The number of esters is 2. The van der Waals surface area contributed by atoms with Crippen molar-refractivity contribution in [2.75, 3.05) is 25.6 Å². The maximum Gasteiger partial charge on any atom is 0.326 e. The fraction of sp³-hybridized carbons (Fsp3) is 0.574. The zero-order chi connectivity index (χ0) is 44.0. The second-order valence-electron chi connectivity index (χ2n) is 18.6. The molecule has 0 saturated carbocycles. The van der Waals surface area contributed by atoms with Crippen LogP contribution in [0, 0.1) is 10.8 Å². The number of carbonyl (C=O) groups excluding carboxylic acids is 2. The lowest BCUT2D eigenvalue weighted by Gasteiger charge is -2.40. The molecule has 0 N–H and O–H groups in total. The topological polar surface area (TPSA) is 52.6 Å². The first kappa shape index (κ1) is 53.1. The van der Waals surface area contributed by atoms with Crippen LogP contribution >= 0.6 is 73.9 Å². The predicted molar refractivity (Wildman–Crippen MR) is 262 cm³/mol. The normalized spacial score (nSPS) is 15.4. The highest BCUT2D eigenvalue weighted by Gasteiger charge is 2.39. The predicted octanol–water partition coefficient (Wildman–Crippen LogP) is 15.0. The minimum Gasteiger partial charge on any atom is -0.468 e. The Hall–Kier alpha value is -1.02. The van der Waals surface area contributed by atoms with Crippen molar-refractivity contribution >= 4 is 92.8 Å². The van der Waals surface area contributed by atoms with E-state index in [9.17, 15) is 9.59 Å². The molecule has 5 unspecified atom stereocenters. The molecule has 0 saturated heterocycles. The van der Waals surface area contributed by atoms with Crippen molar-refractivity contribution in [3.63, 3.8) is 0 Å². The first-order valence-electron chi connectivity index (χ1n) is 20.0. The van der Waals surface area contributed by atoms with Crippen LogP contribution in [-0.2, 0) is 29.9 Å². The highest BCUT2D eigenvalue weighted by atomic mass is 127. The number of rotatable bonds is 21. The summed E-state index contributed by atoms with van der Waals surface area (Å²) in [5, 5.41) is -0.686. The molecule has 58 heavy (non-hydrogen) atoms. The third-order valence-electron chi connectivity index (χ3n) is 11.0. The van der Waals surface area contributed by atoms with Gasteiger partial charge in [-0.1, -0.05) is 168 Å². The van der Waals surface area contributed by atoms with Gasteiger partial charge in [-0.3, -0.25) is 9.59 Å². The van der Waals surface area contributed by atoms with Gasteiger partial charge in [0.1, 0.15) is 10.3 Å². The quantitative estimate of drug-likeness (QED) is 0.0351. The summed E-state index contributed by atoms with van der Waals surface area (Å²) in [6.45, 7) is 22.4. The van der Waals surface area contributed by atoms with Gasteiger partial charge >= 0.3 is 11.9 Å². The van der Waals surface area contributed by atoms with Gasteiger partial charge in [-0.05, 0) is 107 Å². The summed E-state index contributed by atoms with van der Waals surface area (Å²) in [6.07, 6.45) is 4.74. The largest absolute Gasteiger partial charge is 0.468 e. The zero-order valence-corrected chi connectivity index (χ0v) is 42.6. The standard InChI is InChI=1S/C45H62Cl2O4.C2H4BCl2IP/c1-41(2,27-34(26-38(46)39(48)50-10)32-18-14-12-15-19-32)30-43(5,6)36-22-24-37(25-23-36)44(7,8)31-42(3,4)28-35(33-20-16-13-17-21-33)29-45(9,47)40(49)51-11;4-1-3-7(6)2-5/h12-25,34-35,38H,26-31H2,1-11H3;1-2H2. The van der Waals surface area contributed by atoms with Crippen LogP contribution in [0.5, 0.6) is 0 Å². The average Bonchev–Trinajstić information content (AvgIpc) is 3.16. The Morgan fingerprint density at radius 2 is 1.09 bits per heavy atom. The van der Waals surface area contributed by atoms with Gasteiger partial charge in [0, 0.05) is 5.62 Å². The SMILES string of the molecule is COC(=O)C(Cl)CC(CC(C)(C)CC(C)(C)c1ccc(C(C)(C)CC(C)(C)CC(CC(C)(Cl)C(=O)OC)c2ccccc2)cc1)c1ccccc1.ClC[B]P(I)CCl. The van der Waals surface area contributed by atoms with E-state index in [-0.39, 0.29) is 44.9 Å². The lowest BCUT2D eigenvalue weighted by atomic mass is 9.65. The Morgan fingerprint density at radius 3 is 1.45 bits per heavy atom. The van der Waals surface area contributed by atoms with Gasteiger partial charge in [-0.2, -0.15) is 0 Å². The van der Waals surface area contributed by atoms with E-state index in [0.29, 0.717) is 18.6 Å². The molecule has 0 aliphatic carbocycles. The number of ether oxygens (including phenoxy) is 2. The summed E-state index contributed by atoms with van der Waals surface area (Å²) >= 11 is 26.4. The number of hydrogen-bond acceptors (Lipinski definition) is 4. The molecule has 0 heterocycles. The average molecular weight is 1010 g/mol. The molecule has 321 valence electrons. The molecule has 1 radical (unpaired) electrons. The fourth-order valence-electron chi connectivity index (χ4n) is 8.90. The van der Waals surface area contributed by atoms with E-state index in [1.54, 1.807) is 6.92 Å². The van der Waals surface area contributed by atoms with Crippen molar-refractivity contribution in [2.24, 2.45) is 10.8 Å². The molecule has 3 aromatic carbocycles. The van der Waals surface area contributed by atoms with Crippen molar-refractivity contribution in [3.8, 4) is 0 Å². The van der Waals surface area contributed by atoms with E-state index < -0.39 is 16.2 Å².